The lowest BCUT2D eigenvalue weighted by molar-refractivity contribution is -0.00178. The Kier molecular flexibility index (Phi) is 4.31. The number of methoxy groups -OCH3 is 1. The van der Waals surface area contributed by atoms with Crippen LogP contribution in [-0.4, -0.2) is 54.1 Å². The third kappa shape index (κ3) is 3.01. The van der Waals surface area contributed by atoms with E-state index in [1.165, 1.54) is 6.20 Å². The Morgan fingerprint density at radius 3 is 2.84 bits per heavy atom. The maximum Gasteiger partial charge on any atom is 0.274 e. The molecule has 1 aromatic heterocycles. The number of likely N-dealkylation sites (tertiary alicyclic amines) is 1. The topological polar surface area (TPSA) is 67.4 Å². The number of anilines is 1. The second kappa shape index (κ2) is 5.97. The summed E-state index contributed by atoms with van der Waals surface area (Å²) in [5.74, 6) is 1.05. The van der Waals surface area contributed by atoms with Crippen LogP contribution in [0.2, 0.25) is 0 Å². The van der Waals surface area contributed by atoms with Crippen LogP contribution >= 0.6 is 0 Å². The molecule has 2 atom stereocenters. The van der Waals surface area contributed by atoms with Crippen molar-refractivity contribution in [3.63, 3.8) is 0 Å². The van der Waals surface area contributed by atoms with Crippen molar-refractivity contribution in [1.82, 2.24) is 14.9 Å². The van der Waals surface area contributed by atoms with Crippen LogP contribution in [0.15, 0.2) is 12.4 Å². The van der Waals surface area contributed by atoms with Crippen LogP contribution in [0.3, 0.4) is 0 Å². The van der Waals surface area contributed by atoms with Gasteiger partial charge in [0.15, 0.2) is 0 Å². The number of hydrogen-bond acceptors (Lipinski definition) is 5. The van der Waals surface area contributed by atoms with Gasteiger partial charge >= 0.3 is 0 Å². The van der Waals surface area contributed by atoms with E-state index in [2.05, 4.69) is 22.2 Å². The predicted molar refractivity (Wildman–Crippen MR) is 72.1 cm³/mol. The Balaban J connectivity index is 2.06. The number of carbonyl (C=O) groups is 1. The molecule has 2 unspecified atom stereocenters. The first-order valence-corrected chi connectivity index (χ1v) is 6.47. The Bertz CT molecular complexity index is 435. The minimum absolute atomic E-state index is 0.0795. The second-order valence-corrected chi connectivity index (χ2v) is 4.83. The van der Waals surface area contributed by atoms with Crippen molar-refractivity contribution in [2.75, 3.05) is 32.6 Å². The maximum atomic E-state index is 12.3. The number of aromatic nitrogens is 2. The predicted octanol–water partition coefficient (Wildman–Crippen LogP) is 1.02. The van der Waals surface area contributed by atoms with Gasteiger partial charge in [0, 0.05) is 27.2 Å². The van der Waals surface area contributed by atoms with Gasteiger partial charge in [-0.1, -0.05) is 6.92 Å². The molecule has 1 amide bonds. The van der Waals surface area contributed by atoms with Crippen molar-refractivity contribution in [2.45, 2.75) is 19.4 Å². The minimum Gasteiger partial charge on any atom is -0.379 e. The number of hydrogen-bond donors (Lipinski definition) is 1. The molecule has 1 aliphatic heterocycles. The van der Waals surface area contributed by atoms with Crippen molar-refractivity contribution in [3.05, 3.63) is 18.1 Å². The molecule has 0 bridgehead atoms. The highest BCUT2D eigenvalue weighted by atomic mass is 16.5. The quantitative estimate of drug-likeness (QED) is 0.882. The van der Waals surface area contributed by atoms with Gasteiger partial charge in [-0.2, -0.15) is 0 Å². The second-order valence-electron chi connectivity index (χ2n) is 4.83. The van der Waals surface area contributed by atoms with Gasteiger partial charge in [-0.15, -0.1) is 0 Å². The van der Waals surface area contributed by atoms with Crippen molar-refractivity contribution in [2.24, 2.45) is 5.92 Å². The van der Waals surface area contributed by atoms with E-state index in [9.17, 15) is 4.79 Å². The average molecular weight is 264 g/mol. The summed E-state index contributed by atoms with van der Waals surface area (Å²) in [6.07, 6.45) is 4.12. The number of ether oxygens (including phenoxy) is 1. The number of rotatable bonds is 3. The molecular formula is C13H20N4O2. The highest BCUT2D eigenvalue weighted by molar-refractivity contribution is 5.92. The van der Waals surface area contributed by atoms with Crippen LogP contribution in [-0.2, 0) is 4.74 Å². The van der Waals surface area contributed by atoms with Crippen LogP contribution in [0, 0.1) is 5.92 Å². The fourth-order valence-corrected chi connectivity index (χ4v) is 2.25. The zero-order valence-corrected chi connectivity index (χ0v) is 11.6. The van der Waals surface area contributed by atoms with Gasteiger partial charge in [0.1, 0.15) is 11.5 Å². The number of carbonyl (C=O) groups excluding carboxylic acids is 1. The largest absolute Gasteiger partial charge is 0.379 e. The minimum atomic E-state index is -0.0795. The molecule has 1 aromatic rings. The highest BCUT2D eigenvalue weighted by Gasteiger charge is 2.29. The SMILES string of the molecule is CNc1cnc(C(=O)N2CCC(C)C(OC)C2)cn1. The third-order valence-corrected chi connectivity index (χ3v) is 3.61. The van der Waals surface area contributed by atoms with Crippen LogP contribution in [0.25, 0.3) is 0 Å². The summed E-state index contributed by atoms with van der Waals surface area (Å²) >= 11 is 0. The van der Waals surface area contributed by atoms with Crippen LogP contribution in [0.5, 0.6) is 0 Å². The standard InChI is InChI=1S/C13H20N4O2/c1-9-4-5-17(8-11(9)19-3)13(18)10-6-16-12(14-2)7-15-10/h6-7,9,11H,4-5,8H2,1-3H3,(H,14,16). The third-order valence-electron chi connectivity index (χ3n) is 3.61. The van der Waals surface area contributed by atoms with Crippen LogP contribution < -0.4 is 5.32 Å². The molecule has 1 saturated heterocycles. The number of nitrogens with zero attached hydrogens (tertiary/aromatic N) is 3. The molecule has 0 aliphatic carbocycles. The molecular weight excluding hydrogens is 244 g/mol. The first-order chi connectivity index (χ1) is 9.15. The summed E-state index contributed by atoms with van der Waals surface area (Å²) < 4.78 is 5.42. The number of piperidine rings is 1. The van der Waals surface area contributed by atoms with Gasteiger partial charge in [-0.25, -0.2) is 9.97 Å². The van der Waals surface area contributed by atoms with Gasteiger partial charge in [0.05, 0.1) is 18.5 Å². The molecule has 2 heterocycles. The molecule has 0 radical (unpaired) electrons. The van der Waals surface area contributed by atoms with Gasteiger partial charge in [0.2, 0.25) is 0 Å². The molecule has 19 heavy (non-hydrogen) atoms. The zero-order chi connectivity index (χ0) is 13.8. The van der Waals surface area contributed by atoms with E-state index in [0.29, 0.717) is 24.0 Å². The van der Waals surface area contributed by atoms with Crippen molar-refractivity contribution >= 4 is 11.7 Å². The molecule has 1 fully saturated rings. The highest BCUT2D eigenvalue weighted by Crippen LogP contribution is 2.20. The molecule has 0 aromatic carbocycles. The van der Waals surface area contributed by atoms with Crippen molar-refractivity contribution in [3.8, 4) is 0 Å². The smallest absolute Gasteiger partial charge is 0.274 e. The molecule has 6 heteroatoms. The fourth-order valence-electron chi connectivity index (χ4n) is 2.25. The normalized spacial score (nSPS) is 23.2. The summed E-state index contributed by atoms with van der Waals surface area (Å²) in [5.41, 5.74) is 0.378. The maximum absolute atomic E-state index is 12.3. The Labute approximate surface area is 113 Å². The molecule has 104 valence electrons. The van der Waals surface area contributed by atoms with E-state index in [4.69, 9.17) is 4.74 Å². The summed E-state index contributed by atoms with van der Waals surface area (Å²) in [6.45, 7) is 3.51. The summed E-state index contributed by atoms with van der Waals surface area (Å²) in [5, 5.41) is 2.88. The zero-order valence-electron chi connectivity index (χ0n) is 11.6. The van der Waals surface area contributed by atoms with Crippen LogP contribution in [0.1, 0.15) is 23.8 Å². The number of amides is 1. The van der Waals surface area contributed by atoms with E-state index in [1.807, 2.05) is 0 Å². The van der Waals surface area contributed by atoms with E-state index in [0.717, 1.165) is 13.0 Å². The average Bonchev–Trinajstić information content (AvgIpc) is 2.47. The van der Waals surface area contributed by atoms with E-state index in [-0.39, 0.29) is 12.0 Å². The summed E-state index contributed by atoms with van der Waals surface area (Å²) in [7, 11) is 3.46. The fraction of sp³-hybridized carbons (Fsp3) is 0.615. The van der Waals surface area contributed by atoms with Gasteiger partial charge in [-0.3, -0.25) is 4.79 Å². The van der Waals surface area contributed by atoms with E-state index < -0.39 is 0 Å². The Hall–Kier alpha value is -1.69. The Morgan fingerprint density at radius 2 is 2.26 bits per heavy atom. The van der Waals surface area contributed by atoms with Crippen LogP contribution in [0.4, 0.5) is 5.82 Å². The first kappa shape index (κ1) is 13.7. The lowest BCUT2D eigenvalue weighted by atomic mass is 9.95. The molecule has 1 N–H and O–H groups in total. The molecule has 0 saturated carbocycles. The molecule has 6 nitrogen and oxygen atoms in total. The monoisotopic (exact) mass is 264 g/mol. The Morgan fingerprint density at radius 1 is 1.47 bits per heavy atom. The van der Waals surface area contributed by atoms with E-state index in [1.54, 1.807) is 25.3 Å². The van der Waals surface area contributed by atoms with Crippen molar-refractivity contribution < 1.29 is 9.53 Å². The number of nitrogens with one attached hydrogen (secondary N) is 1. The van der Waals surface area contributed by atoms with Gasteiger partial charge in [0.25, 0.3) is 5.91 Å². The summed E-state index contributed by atoms with van der Waals surface area (Å²) in [6, 6.07) is 0. The molecule has 0 spiro atoms. The van der Waals surface area contributed by atoms with Gasteiger partial charge < -0.3 is 15.0 Å². The first-order valence-electron chi connectivity index (χ1n) is 6.47. The lowest BCUT2D eigenvalue weighted by Gasteiger charge is -2.35. The molecule has 2 rings (SSSR count). The summed E-state index contributed by atoms with van der Waals surface area (Å²) in [4.78, 5) is 22.4. The van der Waals surface area contributed by atoms with E-state index >= 15 is 0 Å². The van der Waals surface area contributed by atoms with Gasteiger partial charge in [-0.05, 0) is 12.3 Å². The lowest BCUT2D eigenvalue weighted by Crippen LogP contribution is -2.46. The van der Waals surface area contributed by atoms with Crippen molar-refractivity contribution in [1.29, 1.82) is 0 Å². The molecule has 1 aliphatic rings.